The fourth-order valence-electron chi connectivity index (χ4n) is 8.66. The van der Waals surface area contributed by atoms with E-state index in [0.29, 0.717) is 11.7 Å². The molecule has 12 rings (SSSR count). The molecule has 0 spiro atoms. The second-order valence-corrected chi connectivity index (χ2v) is 13.8. The maximum Gasteiger partial charge on any atom is 0.238 e. The van der Waals surface area contributed by atoms with Crippen LogP contribution >= 0.6 is 0 Å². The first-order valence-electron chi connectivity index (χ1n) is 17.9. The second kappa shape index (κ2) is 10.6. The van der Waals surface area contributed by atoms with Crippen LogP contribution in [0.5, 0.6) is 0 Å². The first-order chi connectivity index (χ1) is 26.3. The molecule has 0 N–H and O–H groups in total. The summed E-state index contributed by atoms with van der Waals surface area (Å²) in [5.74, 6) is 0.570. The van der Waals surface area contributed by atoms with Crippen LogP contribution < -0.4 is 0 Å². The average Bonchev–Trinajstić information content (AvgIpc) is 3.88. The molecule has 0 amide bonds. The third-order valence-corrected chi connectivity index (χ3v) is 10.9. The maximum absolute atomic E-state index is 6.58. The molecule has 0 radical (unpaired) electrons. The molecule has 4 aromatic heterocycles. The highest BCUT2D eigenvalue weighted by atomic mass is 16.3. The molecule has 0 atom stereocenters. The van der Waals surface area contributed by atoms with Crippen molar-refractivity contribution in [1.82, 2.24) is 19.1 Å². The molecule has 12 aromatic rings. The quantitative estimate of drug-likeness (QED) is 0.187. The van der Waals surface area contributed by atoms with Gasteiger partial charge in [0.2, 0.25) is 11.7 Å². The van der Waals surface area contributed by atoms with Crippen molar-refractivity contribution in [2.75, 3.05) is 0 Å². The van der Waals surface area contributed by atoms with Crippen molar-refractivity contribution >= 4 is 87.2 Å². The summed E-state index contributed by atoms with van der Waals surface area (Å²) in [6.45, 7) is 0. The Hall–Kier alpha value is -7.24. The van der Waals surface area contributed by atoms with Gasteiger partial charge in [-0.3, -0.25) is 4.57 Å². The van der Waals surface area contributed by atoms with E-state index in [4.69, 9.17) is 14.4 Å². The second-order valence-electron chi connectivity index (χ2n) is 13.8. The topological polar surface area (TPSA) is 48.8 Å². The van der Waals surface area contributed by atoms with E-state index in [1.165, 1.54) is 43.1 Å². The molecule has 0 bridgehead atoms. The van der Waals surface area contributed by atoms with Gasteiger partial charge in [-0.1, -0.05) is 127 Å². The van der Waals surface area contributed by atoms with E-state index < -0.39 is 0 Å². The van der Waals surface area contributed by atoms with Crippen LogP contribution in [0, 0.1) is 0 Å². The number of fused-ring (bicyclic) bond motifs is 13. The Morgan fingerprint density at radius 1 is 0.396 bits per heavy atom. The zero-order chi connectivity index (χ0) is 34.6. The van der Waals surface area contributed by atoms with Crippen LogP contribution in [0.1, 0.15) is 0 Å². The van der Waals surface area contributed by atoms with Crippen LogP contribution in [0.15, 0.2) is 174 Å². The fraction of sp³-hybridized carbons (Fsp3) is 0. The van der Waals surface area contributed by atoms with Gasteiger partial charge in [-0.15, -0.1) is 0 Å². The normalized spacial score (nSPS) is 12.2. The summed E-state index contributed by atoms with van der Waals surface area (Å²) < 4.78 is 11.1. The number of nitrogens with zero attached hydrogens (tertiary/aromatic N) is 4. The molecule has 0 fully saturated rings. The van der Waals surface area contributed by atoms with Gasteiger partial charge in [0.25, 0.3) is 0 Å². The largest absolute Gasteiger partial charge is 0.437 e. The summed E-state index contributed by atoms with van der Waals surface area (Å²) in [5.41, 5.74) is 8.67. The van der Waals surface area contributed by atoms with Crippen LogP contribution in [0.25, 0.3) is 110 Å². The van der Waals surface area contributed by atoms with Crippen molar-refractivity contribution < 1.29 is 4.42 Å². The van der Waals surface area contributed by atoms with Gasteiger partial charge < -0.3 is 8.98 Å². The lowest BCUT2D eigenvalue weighted by molar-refractivity contribution is 0.651. The molecular formula is C48H28N4O. The smallest absolute Gasteiger partial charge is 0.238 e. The number of furan rings is 1. The summed E-state index contributed by atoms with van der Waals surface area (Å²) in [6.07, 6.45) is 0. The minimum absolute atomic E-state index is 0.562. The van der Waals surface area contributed by atoms with Gasteiger partial charge in [-0.05, 0) is 64.0 Å². The molecule has 5 heteroatoms. The van der Waals surface area contributed by atoms with E-state index in [9.17, 15) is 0 Å². The van der Waals surface area contributed by atoms with Crippen molar-refractivity contribution in [1.29, 1.82) is 0 Å². The van der Waals surface area contributed by atoms with Crippen LogP contribution in [0.3, 0.4) is 0 Å². The molecular weight excluding hydrogens is 649 g/mol. The zero-order valence-electron chi connectivity index (χ0n) is 28.4. The predicted octanol–water partition coefficient (Wildman–Crippen LogP) is 12.5. The Balaban J connectivity index is 1.22. The molecule has 0 aliphatic carbocycles. The standard InChI is InChI=1S/C48H28N4O/c1-2-14-32(15-3-1)51-38-20-10-8-18-35(38)36-25-22-31(28-41(36)51)46-45-37-19-9-11-21-42(37)53-47(45)50-48(49-46)52-39-26-23-29-12-4-6-16-33(29)43(39)44-34-17-7-5-13-30(34)24-27-40(44)52/h1-28H. The number of para-hydroxylation sites is 3. The predicted molar refractivity (Wildman–Crippen MR) is 218 cm³/mol. The van der Waals surface area contributed by atoms with Gasteiger partial charge in [0.05, 0.1) is 33.1 Å². The van der Waals surface area contributed by atoms with Crippen molar-refractivity contribution in [2.45, 2.75) is 0 Å². The third kappa shape index (κ3) is 3.96. The average molecular weight is 677 g/mol. The minimum atomic E-state index is 0.562. The summed E-state index contributed by atoms with van der Waals surface area (Å²) in [5, 5.41) is 11.5. The Bertz CT molecular complexity index is 3370. The highest BCUT2D eigenvalue weighted by Crippen LogP contribution is 2.43. The number of aromatic nitrogens is 4. The summed E-state index contributed by atoms with van der Waals surface area (Å²) >= 11 is 0. The Morgan fingerprint density at radius 2 is 1.00 bits per heavy atom. The molecule has 4 heterocycles. The molecule has 0 unspecified atom stereocenters. The highest BCUT2D eigenvalue weighted by Gasteiger charge is 2.23. The minimum Gasteiger partial charge on any atom is -0.437 e. The fourth-order valence-corrected chi connectivity index (χ4v) is 8.66. The van der Waals surface area contributed by atoms with Crippen LogP contribution in [0.4, 0.5) is 0 Å². The van der Waals surface area contributed by atoms with Gasteiger partial charge >= 0.3 is 0 Å². The summed E-state index contributed by atoms with van der Waals surface area (Å²) in [6, 6.07) is 60.2. The number of hydrogen-bond donors (Lipinski definition) is 0. The number of benzene rings is 8. The molecule has 53 heavy (non-hydrogen) atoms. The molecule has 0 aliphatic rings. The Labute approximate surface area is 302 Å². The zero-order valence-corrected chi connectivity index (χ0v) is 28.4. The lowest BCUT2D eigenvalue weighted by atomic mass is 10.00. The third-order valence-electron chi connectivity index (χ3n) is 10.9. The Kier molecular flexibility index (Phi) is 5.71. The van der Waals surface area contributed by atoms with Gasteiger partial charge in [-0.25, -0.2) is 4.98 Å². The van der Waals surface area contributed by atoms with E-state index in [-0.39, 0.29) is 0 Å². The number of rotatable bonds is 3. The van der Waals surface area contributed by atoms with E-state index in [0.717, 1.165) is 55.4 Å². The summed E-state index contributed by atoms with van der Waals surface area (Å²) in [4.78, 5) is 10.8. The van der Waals surface area contributed by atoms with E-state index in [1.54, 1.807) is 0 Å². The molecule has 5 nitrogen and oxygen atoms in total. The molecule has 246 valence electrons. The van der Waals surface area contributed by atoms with Gasteiger partial charge in [0.15, 0.2) is 0 Å². The first kappa shape index (κ1) is 28.5. The van der Waals surface area contributed by atoms with E-state index in [2.05, 4.69) is 167 Å². The van der Waals surface area contributed by atoms with Crippen LogP contribution in [0.2, 0.25) is 0 Å². The monoisotopic (exact) mass is 676 g/mol. The van der Waals surface area contributed by atoms with Crippen molar-refractivity contribution in [3.8, 4) is 22.9 Å². The molecule has 8 aromatic carbocycles. The molecule has 0 saturated carbocycles. The van der Waals surface area contributed by atoms with Gasteiger partial charge in [0.1, 0.15) is 5.58 Å². The van der Waals surface area contributed by atoms with Gasteiger partial charge in [-0.2, -0.15) is 4.98 Å². The molecule has 0 saturated heterocycles. The van der Waals surface area contributed by atoms with Crippen molar-refractivity contribution in [3.05, 3.63) is 170 Å². The summed E-state index contributed by atoms with van der Waals surface area (Å²) in [7, 11) is 0. The SMILES string of the molecule is c1ccc(-n2c3ccccc3c3ccc(-c4nc(-n5c6ccc7ccccc7c6c6c7ccccc7ccc65)nc5oc6ccccc6c45)cc32)cc1. The maximum atomic E-state index is 6.58. The lowest BCUT2D eigenvalue weighted by Gasteiger charge is -2.11. The van der Waals surface area contributed by atoms with E-state index in [1.807, 2.05) is 12.1 Å². The molecule has 0 aliphatic heterocycles. The van der Waals surface area contributed by atoms with Crippen molar-refractivity contribution in [3.63, 3.8) is 0 Å². The van der Waals surface area contributed by atoms with E-state index >= 15 is 0 Å². The highest BCUT2D eigenvalue weighted by molar-refractivity contribution is 6.28. The first-order valence-corrected chi connectivity index (χ1v) is 17.9. The number of hydrogen-bond acceptors (Lipinski definition) is 3. The van der Waals surface area contributed by atoms with Crippen LogP contribution in [-0.2, 0) is 0 Å². The van der Waals surface area contributed by atoms with Crippen LogP contribution in [-0.4, -0.2) is 19.1 Å². The Morgan fingerprint density at radius 3 is 1.74 bits per heavy atom. The lowest BCUT2D eigenvalue weighted by Crippen LogP contribution is -2.03. The van der Waals surface area contributed by atoms with Crippen molar-refractivity contribution in [2.24, 2.45) is 0 Å². The van der Waals surface area contributed by atoms with Gasteiger partial charge in [0, 0.05) is 38.2 Å².